The number of benzene rings is 2. The molecule has 0 heterocycles. The first-order valence-electron chi connectivity index (χ1n) is 6.32. The van der Waals surface area contributed by atoms with Crippen LogP contribution in [0.5, 0.6) is 11.5 Å². The molecule has 0 aliphatic rings. The summed E-state index contributed by atoms with van der Waals surface area (Å²) in [5.41, 5.74) is 6.24. The van der Waals surface area contributed by atoms with Crippen LogP contribution in [0.2, 0.25) is 0 Å². The third-order valence-corrected chi connectivity index (χ3v) is 4.19. The highest BCUT2D eigenvalue weighted by atomic mass is 32.2. The number of amides is 1. The lowest BCUT2D eigenvalue weighted by atomic mass is 10.2. The average Bonchev–Trinajstić information content (AvgIpc) is 2.49. The molecule has 2 N–H and O–H groups in total. The minimum atomic E-state index is -4.03. The van der Waals surface area contributed by atoms with Crippen molar-refractivity contribution in [2.45, 2.75) is 11.8 Å². The molecule has 0 bridgehead atoms. The Kier molecular flexibility index (Phi) is 4.37. The number of carbonyl (C=O) groups is 1. The fourth-order valence-electron chi connectivity index (χ4n) is 1.80. The molecule has 0 aliphatic carbocycles. The summed E-state index contributed by atoms with van der Waals surface area (Å²) >= 11 is 0. The predicted molar refractivity (Wildman–Crippen MR) is 80.5 cm³/mol. The standard InChI is InChI=1S/C15H15NO5S/c1-10-3-8-13(14(9-10)20-2)21-22(18,19)12-6-4-11(5-7-12)15(16)17/h3-9H,1-2H3,(H2,16,17). The van der Waals surface area contributed by atoms with Crippen molar-refractivity contribution in [3.63, 3.8) is 0 Å². The fraction of sp³-hybridized carbons (Fsp3) is 0.133. The Morgan fingerprint density at radius 1 is 1.05 bits per heavy atom. The van der Waals surface area contributed by atoms with Crippen molar-refractivity contribution < 1.29 is 22.1 Å². The number of methoxy groups -OCH3 is 1. The lowest BCUT2D eigenvalue weighted by Crippen LogP contribution is -2.13. The molecule has 0 atom stereocenters. The van der Waals surface area contributed by atoms with Gasteiger partial charge in [-0.2, -0.15) is 8.42 Å². The summed E-state index contributed by atoms with van der Waals surface area (Å²) in [4.78, 5) is 10.9. The molecule has 116 valence electrons. The smallest absolute Gasteiger partial charge is 0.339 e. The van der Waals surface area contributed by atoms with E-state index in [1.807, 2.05) is 6.92 Å². The van der Waals surface area contributed by atoms with Crippen molar-refractivity contribution in [2.24, 2.45) is 5.73 Å². The van der Waals surface area contributed by atoms with E-state index in [0.717, 1.165) is 5.56 Å². The highest BCUT2D eigenvalue weighted by Gasteiger charge is 2.19. The van der Waals surface area contributed by atoms with E-state index in [2.05, 4.69) is 0 Å². The summed E-state index contributed by atoms with van der Waals surface area (Å²) in [6, 6.07) is 10.1. The van der Waals surface area contributed by atoms with E-state index in [0.29, 0.717) is 5.75 Å². The van der Waals surface area contributed by atoms with Gasteiger partial charge in [-0.3, -0.25) is 4.79 Å². The predicted octanol–water partition coefficient (Wildman–Crippen LogP) is 1.87. The van der Waals surface area contributed by atoms with Crippen LogP contribution in [0.1, 0.15) is 15.9 Å². The normalized spacial score (nSPS) is 11.0. The second kappa shape index (κ2) is 6.07. The Balaban J connectivity index is 2.33. The quantitative estimate of drug-likeness (QED) is 0.848. The van der Waals surface area contributed by atoms with Crippen LogP contribution in [0, 0.1) is 6.92 Å². The third kappa shape index (κ3) is 3.37. The zero-order valence-electron chi connectivity index (χ0n) is 12.1. The summed E-state index contributed by atoms with van der Waals surface area (Å²) in [6.45, 7) is 1.85. The number of hydrogen-bond acceptors (Lipinski definition) is 5. The molecule has 2 rings (SSSR count). The molecule has 2 aromatic carbocycles. The van der Waals surface area contributed by atoms with Crippen molar-refractivity contribution in [3.05, 3.63) is 53.6 Å². The van der Waals surface area contributed by atoms with Gasteiger partial charge in [0.25, 0.3) is 0 Å². The number of carbonyl (C=O) groups excluding carboxylic acids is 1. The van der Waals surface area contributed by atoms with E-state index in [9.17, 15) is 13.2 Å². The van der Waals surface area contributed by atoms with Crippen molar-refractivity contribution in [3.8, 4) is 11.5 Å². The summed E-state index contributed by atoms with van der Waals surface area (Å²) in [6.07, 6.45) is 0. The van der Waals surface area contributed by atoms with Crippen LogP contribution in [-0.2, 0) is 10.1 Å². The molecule has 2 aromatic rings. The molecule has 0 saturated carbocycles. The highest BCUT2D eigenvalue weighted by molar-refractivity contribution is 7.87. The number of primary amides is 1. The van der Waals surface area contributed by atoms with Crippen LogP contribution in [0.15, 0.2) is 47.4 Å². The molecule has 7 heteroatoms. The van der Waals surface area contributed by atoms with Gasteiger partial charge in [0.1, 0.15) is 4.90 Å². The SMILES string of the molecule is COc1cc(C)ccc1OS(=O)(=O)c1ccc(C(N)=O)cc1. The minimum Gasteiger partial charge on any atom is -0.493 e. The molecular weight excluding hydrogens is 306 g/mol. The lowest BCUT2D eigenvalue weighted by Gasteiger charge is -2.11. The monoisotopic (exact) mass is 321 g/mol. The van der Waals surface area contributed by atoms with Crippen LogP contribution in [0.3, 0.4) is 0 Å². The molecule has 0 spiro atoms. The van der Waals surface area contributed by atoms with Crippen LogP contribution >= 0.6 is 0 Å². The van der Waals surface area contributed by atoms with E-state index in [1.165, 1.54) is 37.4 Å². The Labute approximate surface area is 128 Å². The number of aryl methyl sites for hydroxylation is 1. The van der Waals surface area contributed by atoms with Crippen LogP contribution < -0.4 is 14.7 Å². The number of rotatable bonds is 5. The lowest BCUT2D eigenvalue weighted by molar-refractivity contribution is 0.1000. The zero-order chi connectivity index (χ0) is 16.3. The van der Waals surface area contributed by atoms with Gasteiger partial charge in [-0.1, -0.05) is 6.07 Å². The zero-order valence-corrected chi connectivity index (χ0v) is 12.9. The van der Waals surface area contributed by atoms with Gasteiger partial charge in [-0.05, 0) is 48.9 Å². The van der Waals surface area contributed by atoms with Gasteiger partial charge in [-0.15, -0.1) is 0 Å². The molecule has 22 heavy (non-hydrogen) atoms. The molecule has 1 amide bonds. The molecule has 6 nitrogen and oxygen atoms in total. The summed E-state index contributed by atoms with van der Waals surface area (Å²) < 4.78 is 34.7. The summed E-state index contributed by atoms with van der Waals surface area (Å²) in [5, 5.41) is 0. The molecule has 0 saturated heterocycles. The Morgan fingerprint density at radius 3 is 2.23 bits per heavy atom. The molecule has 0 aromatic heterocycles. The van der Waals surface area contributed by atoms with Crippen molar-refractivity contribution in [1.29, 1.82) is 0 Å². The van der Waals surface area contributed by atoms with Gasteiger partial charge in [0.15, 0.2) is 11.5 Å². The molecule has 0 aliphatic heterocycles. The van der Waals surface area contributed by atoms with Crippen LogP contribution in [0.25, 0.3) is 0 Å². The highest BCUT2D eigenvalue weighted by Crippen LogP contribution is 2.30. The Hall–Kier alpha value is -2.54. The van der Waals surface area contributed by atoms with E-state index in [1.54, 1.807) is 12.1 Å². The summed E-state index contributed by atoms with van der Waals surface area (Å²) in [7, 11) is -2.61. The maximum Gasteiger partial charge on any atom is 0.339 e. The number of hydrogen-bond donors (Lipinski definition) is 1. The van der Waals surface area contributed by atoms with Gasteiger partial charge < -0.3 is 14.7 Å². The van der Waals surface area contributed by atoms with Crippen LogP contribution in [-0.4, -0.2) is 21.4 Å². The summed E-state index contributed by atoms with van der Waals surface area (Å²) in [5.74, 6) is -0.227. The van der Waals surface area contributed by atoms with Gasteiger partial charge in [0.2, 0.25) is 5.91 Å². The minimum absolute atomic E-state index is 0.0832. The fourth-order valence-corrected chi connectivity index (χ4v) is 2.74. The second-order valence-corrected chi connectivity index (χ2v) is 6.13. The number of ether oxygens (including phenoxy) is 1. The van der Waals surface area contributed by atoms with Crippen molar-refractivity contribution in [2.75, 3.05) is 7.11 Å². The largest absolute Gasteiger partial charge is 0.493 e. The maximum atomic E-state index is 12.2. The first-order valence-corrected chi connectivity index (χ1v) is 7.73. The van der Waals surface area contributed by atoms with E-state index in [-0.39, 0.29) is 16.2 Å². The molecule has 0 fully saturated rings. The average molecular weight is 321 g/mol. The van der Waals surface area contributed by atoms with E-state index in [4.69, 9.17) is 14.7 Å². The topological polar surface area (TPSA) is 95.7 Å². The van der Waals surface area contributed by atoms with Crippen molar-refractivity contribution >= 4 is 16.0 Å². The first-order chi connectivity index (χ1) is 10.3. The van der Waals surface area contributed by atoms with Gasteiger partial charge in [-0.25, -0.2) is 0 Å². The van der Waals surface area contributed by atoms with E-state index >= 15 is 0 Å². The maximum absolute atomic E-state index is 12.2. The Morgan fingerprint density at radius 2 is 1.68 bits per heavy atom. The van der Waals surface area contributed by atoms with Crippen LogP contribution in [0.4, 0.5) is 0 Å². The molecule has 0 radical (unpaired) electrons. The van der Waals surface area contributed by atoms with Gasteiger partial charge >= 0.3 is 10.1 Å². The molecule has 0 unspecified atom stereocenters. The van der Waals surface area contributed by atoms with E-state index < -0.39 is 16.0 Å². The van der Waals surface area contributed by atoms with Gasteiger partial charge in [0.05, 0.1) is 7.11 Å². The number of nitrogens with two attached hydrogens (primary N) is 1. The Bertz CT molecular complexity index is 797. The van der Waals surface area contributed by atoms with Crippen molar-refractivity contribution in [1.82, 2.24) is 0 Å². The first kappa shape index (κ1) is 15.8. The third-order valence-electron chi connectivity index (χ3n) is 2.95. The van der Waals surface area contributed by atoms with Gasteiger partial charge in [0, 0.05) is 5.56 Å². The second-order valence-electron chi connectivity index (χ2n) is 4.58. The molecular formula is C15H15NO5S.